The number of anilines is 2. The fraction of sp³-hybridized carbons (Fsp3) is 0.500. The lowest BCUT2D eigenvalue weighted by molar-refractivity contribution is -0.113. The number of benzene rings is 1. The van der Waals surface area contributed by atoms with Crippen LogP contribution in [0.1, 0.15) is 32.1 Å². The van der Waals surface area contributed by atoms with Crippen LogP contribution in [0.2, 0.25) is 5.02 Å². The van der Waals surface area contributed by atoms with Crippen molar-refractivity contribution in [2.24, 2.45) is 0 Å². The molecular weight excluding hydrogens is 296 g/mol. The number of carbonyl (C=O) groups excluding carboxylic acids is 1. The van der Waals surface area contributed by atoms with E-state index >= 15 is 0 Å². The fourth-order valence-electron chi connectivity index (χ4n) is 2.41. The van der Waals surface area contributed by atoms with Crippen LogP contribution >= 0.6 is 11.6 Å². The second-order valence-corrected chi connectivity index (χ2v) is 7.22. The van der Waals surface area contributed by atoms with Gasteiger partial charge in [-0.05, 0) is 31.0 Å². The van der Waals surface area contributed by atoms with Crippen LogP contribution in [-0.2, 0) is 15.6 Å². The zero-order valence-electron chi connectivity index (χ0n) is 11.2. The topological polar surface area (TPSA) is 72.2 Å². The van der Waals surface area contributed by atoms with Crippen LogP contribution in [0.4, 0.5) is 11.4 Å². The third-order valence-electron chi connectivity index (χ3n) is 3.49. The Morgan fingerprint density at radius 1 is 1.35 bits per heavy atom. The zero-order valence-corrected chi connectivity index (χ0v) is 12.8. The summed E-state index contributed by atoms with van der Waals surface area (Å²) in [5.74, 6) is -0.227. The summed E-state index contributed by atoms with van der Waals surface area (Å²) in [5.41, 5.74) is 6.69. The first-order chi connectivity index (χ1) is 9.56. The van der Waals surface area contributed by atoms with Gasteiger partial charge in [0.25, 0.3) is 0 Å². The van der Waals surface area contributed by atoms with Crippen molar-refractivity contribution in [1.82, 2.24) is 0 Å². The van der Waals surface area contributed by atoms with Gasteiger partial charge in [-0.15, -0.1) is 0 Å². The first-order valence-electron chi connectivity index (χ1n) is 6.78. The monoisotopic (exact) mass is 314 g/mol. The van der Waals surface area contributed by atoms with E-state index in [-0.39, 0.29) is 16.9 Å². The molecule has 2 rings (SSSR count). The van der Waals surface area contributed by atoms with Gasteiger partial charge < -0.3 is 11.1 Å². The average molecular weight is 315 g/mol. The number of hydrogen-bond acceptors (Lipinski definition) is 3. The highest BCUT2D eigenvalue weighted by molar-refractivity contribution is 7.86. The van der Waals surface area contributed by atoms with E-state index in [4.69, 9.17) is 17.3 Å². The van der Waals surface area contributed by atoms with Gasteiger partial charge in [-0.1, -0.05) is 30.9 Å². The Bertz CT molecular complexity index is 516. The Balaban J connectivity index is 1.90. The van der Waals surface area contributed by atoms with Crippen LogP contribution in [0, 0.1) is 0 Å². The summed E-state index contributed by atoms with van der Waals surface area (Å²) in [6.45, 7) is 0. The molecule has 1 aromatic carbocycles. The summed E-state index contributed by atoms with van der Waals surface area (Å²) in [5, 5.41) is 3.38. The molecule has 1 amide bonds. The second-order valence-electron chi connectivity index (χ2n) is 5.06. The Morgan fingerprint density at radius 3 is 2.70 bits per heavy atom. The molecule has 0 heterocycles. The number of nitrogens with two attached hydrogens (primary N) is 1. The summed E-state index contributed by atoms with van der Waals surface area (Å²) in [4.78, 5) is 11.9. The molecule has 1 aliphatic carbocycles. The summed E-state index contributed by atoms with van der Waals surface area (Å²) in [6, 6.07) is 4.89. The van der Waals surface area contributed by atoms with Crippen LogP contribution in [-0.4, -0.2) is 21.1 Å². The Hall–Kier alpha value is -1.07. The molecule has 1 aliphatic rings. The van der Waals surface area contributed by atoms with Crippen molar-refractivity contribution in [2.45, 2.75) is 37.4 Å². The van der Waals surface area contributed by atoms with Crippen molar-refractivity contribution < 1.29 is 9.00 Å². The SMILES string of the molecule is Nc1cc(Cl)ccc1NC(=O)CS(=O)C1CCCCC1. The molecular formula is C14H19ClN2O2S. The van der Waals surface area contributed by atoms with E-state index in [9.17, 15) is 9.00 Å². The molecule has 1 atom stereocenters. The molecule has 0 saturated heterocycles. The number of carbonyl (C=O) groups is 1. The minimum Gasteiger partial charge on any atom is -0.397 e. The first kappa shape index (κ1) is 15.3. The fourth-order valence-corrected chi connectivity index (χ4v) is 4.01. The molecule has 6 heteroatoms. The van der Waals surface area contributed by atoms with E-state index < -0.39 is 10.8 Å². The largest absolute Gasteiger partial charge is 0.397 e. The molecule has 4 nitrogen and oxygen atoms in total. The highest BCUT2D eigenvalue weighted by atomic mass is 35.5. The van der Waals surface area contributed by atoms with E-state index in [0.717, 1.165) is 25.7 Å². The second kappa shape index (κ2) is 7.09. The standard InChI is InChI=1S/C14H19ClN2O2S/c15-10-6-7-13(12(16)8-10)17-14(18)9-20(19)11-4-2-1-3-5-11/h6-8,11H,1-5,9,16H2,(H,17,18). The molecule has 110 valence electrons. The number of rotatable bonds is 4. The number of hydrogen-bond donors (Lipinski definition) is 2. The Kier molecular flexibility index (Phi) is 5.43. The summed E-state index contributed by atoms with van der Waals surface area (Å²) < 4.78 is 12.1. The van der Waals surface area contributed by atoms with Crippen LogP contribution in [0.5, 0.6) is 0 Å². The number of halogens is 1. The molecule has 0 spiro atoms. The van der Waals surface area contributed by atoms with Gasteiger partial charge in [-0.25, -0.2) is 0 Å². The van der Waals surface area contributed by atoms with Crippen LogP contribution in [0.15, 0.2) is 18.2 Å². The van der Waals surface area contributed by atoms with Gasteiger partial charge in [0.1, 0.15) is 5.75 Å². The lowest BCUT2D eigenvalue weighted by Crippen LogP contribution is -2.27. The number of amides is 1. The van der Waals surface area contributed by atoms with Crippen molar-refractivity contribution in [3.05, 3.63) is 23.2 Å². The first-order valence-corrected chi connectivity index (χ1v) is 8.54. The predicted molar refractivity (Wildman–Crippen MR) is 84.4 cm³/mol. The van der Waals surface area contributed by atoms with Crippen LogP contribution in [0.3, 0.4) is 0 Å². The van der Waals surface area contributed by atoms with Crippen LogP contribution < -0.4 is 11.1 Å². The average Bonchev–Trinajstić information content (AvgIpc) is 2.43. The lowest BCUT2D eigenvalue weighted by Gasteiger charge is -2.20. The molecule has 0 radical (unpaired) electrons. The molecule has 3 N–H and O–H groups in total. The van der Waals surface area contributed by atoms with Crippen molar-refractivity contribution in [1.29, 1.82) is 0 Å². The van der Waals surface area contributed by atoms with Gasteiger partial charge in [0.05, 0.1) is 11.4 Å². The van der Waals surface area contributed by atoms with Crippen molar-refractivity contribution >= 4 is 39.7 Å². The lowest BCUT2D eigenvalue weighted by atomic mass is 10.0. The molecule has 1 unspecified atom stereocenters. The molecule has 1 fully saturated rings. The zero-order chi connectivity index (χ0) is 14.5. The number of nitrogen functional groups attached to an aromatic ring is 1. The minimum absolute atomic E-state index is 0.0345. The maximum absolute atomic E-state index is 12.1. The van der Waals surface area contributed by atoms with Gasteiger partial charge >= 0.3 is 0 Å². The van der Waals surface area contributed by atoms with Crippen molar-refractivity contribution in [2.75, 3.05) is 16.8 Å². The van der Waals surface area contributed by atoms with E-state index in [2.05, 4.69) is 5.32 Å². The molecule has 1 saturated carbocycles. The van der Waals surface area contributed by atoms with Crippen LogP contribution in [0.25, 0.3) is 0 Å². The summed E-state index contributed by atoms with van der Waals surface area (Å²) in [7, 11) is -1.10. The van der Waals surface area contributed by atoms with Gasteiger partial charge in [0, 0.05) is 21.1 Å². The maximum atomic E-state index is 12.1. The maximum Gasteiger partial charge on any atom is 0.237 e. The molecule has 20 heavy (non-hydrogen) atoms. The third kappa shape index (κ3) is 4.21. The Labute approximate surface area is 126 Å². The van der Waals surface area contributed by atoms with E-state index in [0.29, 0.717) is 16.4 Å². The molecule has 0 aromatic heterocycles. The van der Waals surface area contributed by atoms with Crippen molar-refractivity contribution in [3.8, 4) is 0 Å². The van der Waals surface area contributed by atoms with Gasteiger partial charge in [0.2, 0.25) is 5.91 Å². The molecule has 0 aliphatic heterocycles. The van der Waals surface area contributed by atoms with Gasteiger partial charge in [0.15, 0.2) is 0 Å². The smallest absolute Gasteiger partial charge is 0.237 e. The van der Waals surface area contributed by atoms with E-state index in [1.807, 2.05) is 0 Å². The molecule has 0 bridgehead atoms. The van der Waals surface area contributed by atoms with E-state index in [1.165, 1.54) is 6.42 Å². The minimum atomic E-state index is -1.10. The predicted octanol–water partition coefficient (Wildman–Crippen LogP) is 2.94. The van der Waals surface area contributed by atoms with Gasteiger partial charge in [-0.3, -0.25) is 9.00 Å². The highest BCUT2D eigenvalue weighted by Crippen LogP contribution is 2.24. The van der Waals surface area contributed by atoms with E-state index in [1.54, 1.807) is 18.2 Å². The van der Waals surface area contributed by atoms with Crippen molar-refractivity contribution in [3.63, 3.8) is 0 Å². The third-order valence-corrected chi connectivity index (χ3v) is 5.48. The molecule has 1 aromatic rings. The number of nitrogens with one attached hydrogen (secondary N) is 1. The summed E-state index contributed by atoms with van der Waals surface area (Å²) >= 11 is 5.80. The van der Waals surface area contributed by atoms with Gasteiger partial charge in [-0.2, -0.15) is 0 Å². The normalized spacial score (nSPS) is 17.6. The quantitative estimate of drug-likeness (QED) is 0.839. The summed E-state index contributed by atoms with van der Waals surface area (Å²) in [6.07, 6.45) is 5.36. The highest BCUT2D eigenvalue weighted by Gasteiger charge is 2.21. The Morgan fingerprint density at radius 2 is 2.05 bits per heavy atom.